The second kappa shape index (κ2) is 3.71. The molecule has 5 unspecified atom stereocenters. The lowest BCUT2D eigenvalue weighted by molar-refractivity contribution is -0.114. The van der Waals surface area contributed by atoms with Crippen molar-refractivity contribution in [2.75, 3.05) is 5.32 Å². The molecule has 0 saturated heterocycles. The number of fused-ring (bicyclic) bond motifs is 2. The van der Waals surface area contributed by atoms with E-state index < -0.39 is 0 Å². The smallest absolute Gasteiger partial charge is 0.221 e. The number of anilines is 1. The van der Waals surface area contributed by atoms with Crippen LogP contribution in [0.3, 0.4) is 0 Å². The first-order valence-electron chi connectivity index (χ1n) is 8.48. The van der Waals surface area contributed by atoms with E-state index in [1.165, 1.54) is 44.1 Å². The van der Waals surface area contributed by atoms with E-state index in [4.69, 9.17) is 0 Å². The van der Waals surface area contributed by atoms with E-state index in [1.54, 1.807) is 6.92 Å². The average molecular weight is 281 g/mol. The normalized spacial score (nSPS) is 45.3. The average Bonchev–Trinajstić information content (AvgIpc) is 2.75. The molecule has 4 aliphatic carbocycles. The van der Waals surface area contributed by atoms with Crippen LogP contribution >= 0.6 is 0 Å². The largest absolute Gasteiger partial charge is 0.326 e. The minimum Gasteiger partial charge on any atom is -0.326 e. The van der Waals surface area contributed by atoms with Gasteiger partial charge in [0.1, 0.15) is 0 Å². The Kier molecular flexibility index (Phi) is 2.17. The van der Waals surface area contributed by atoms with Gasteiger partial charge < -0.3 is 5.32 Å². The van der Waals surface area contributed by atoms with Crippen LogP contribution in [-0.2, 0) is 10.2 Å². The second-order valence-corrected chi connectivity index (χ2v) is 8.29. The molecular formula is C19H23NO. The van der Waals surface area contributed by atoms with Crippen LogP contribution in [0.5, 0.6) is 0 Å². The fraction of sp³-hybridized carbons (Fsp3) is 0.632. The maximum absolute atomic E-state index is 11.2. The molecule has 21 heavy (non-hydrogen) atoms. The fourth-order valence-corrected chi connectivity index (χ4v) is 6.81. The zero-order valence-electron chi connectivity index (χ0n) is 12.7. The molecule has 5 rings (SSSR count). The highest BCUT2D eigenvalue weighted by molar-refractivity contribution is 5.88. The SMILES string of the molecule is CC(=O)Nc1ccc(C23CC4CC5CC(C2)C5(C4)C3)cc1. The van der Waals surface area contributed by atoms with Gasteiger partial charge in [-0.05, 0) is 84.8 Å². The van der Waals surface area contributed by atoms with Crippen molar-refractivity contribution in [2.24, 2.45) is 23.2 Å². The van der Waals surface area contributed by atoms with Crippen LogP contribution in [0.15, 0.2) is 24.3 Å². The topological polar surface area (TPSA) is 29.1 Å². The standard InChI is InChI=1S/C19H23NO/c1-12(21)20-17-4-2-14(3-5-17)18-8-13-6-15-7-16(10-18)19(15,9-13)11-18/h2-5,13,15-16H,6-11H2,1H3,(H,20,21). The van der Waals surface area contributed by atoms with Gasteiger partial charge in [-0.3, -0.25) is 4.79 Å². The van der Waals surface area contributed by atoms with Crippen LogP contribution < -0.4 is 5.32 Å². The van der Waals surface area contributed by atoms with E-state index in [9.17, 15) is 4.79 Å². The highest BCUT2D eigenvalue weighted by Crippen LogP contribution is 2.78. The molecule has 1 spiro atoms. The molecule has 4 fully saturated rings. The number of hydrogen-bond donors (Lipinski definition) is 1. The summed E-state index contributed by atoms with van der Waals surface area (Å²) in [6, 6.07) is 8.76. The maximum atomic E-state index is 11.2. The maximum Gasteiger partial charge on any atom is 0.221 e. The first kappa shape index (κ1) is 12.3. The number of nitrogens with one attached hydrogen (secondary N) is 1. The van der Waals surface area contributed by atoms with Crippen molar-refractivity contribution in [1.82, 2.24) is 0 Å². The van der Waals surface area contributed by atoms with Crippen LogP contribution in [0, 0.1) is 23.2 Å². The predicted molar refractivity (Wildman–Crippen MR) is 83.0 cm³/mol. The molecule has 4 aliphatic rings. The van der Waals surface area contributed by atoms with Crippen LogP contribution in [0.2, 0.25) is 0 Å². The first-order chi connectivity index (χ1) is 10.1. The quantitative estimate of drug-likeness (QED) is 0.868. The Bertz CT molecular complexity index is 617. The summed E-state index contributed by atoms with van der Waals surface area (Å²) < 4.78 is 0. The van der Waals surface area contributed by atoms with Crippen molar-refractivity contribution in [3.63, 3.8) is 0 Å². The van der Waals surface area contributed by atoms with Crippen LogP contribution in [-0.4, -0.2) is 5.91 Å². The van der Waals surface area contributed by atoms with Crippen LogP contribution in [0.25, 0.3) is 0 Å². The minimum absolute atomic E-state index is 0.0114. The highest BCUT2D eigenvalue weighted by atomic mass is 16.1. The van der Waals surface area contributed by atoms with Crippen LogP contribution in [0.4, 0.5) is 5.69 Å². The van der Waals surface area contributed by atoms with E-state index in [-0.39, 0.29) is 5.91 Å². The summed E-state index contributed by atoms with van der Waals surface area (Å²) in [6.45, 7) is 1.57. The van der Waals surface area contributed by atoms with Crippen molar-refractivity contribution in [2.45, 2.75) is 50.9 Å². The molecular weight excluding hydrogens is 258 g/mol. The molecule has 1 N–H and O–H groups in total. The van der Waals surface area contributed by atoms with Gasteiger partial charge in [0.2, 0.25) is 5.91 Å². The third-order valence-electron chi connectivity index (χ3n) is 7.28. The van der Waals surface area contributed by atoms with E-state index in [0.717, 1.165) is 28.9 Å². The lowest BCUT2D eigenvalue weighted by atomic mass is 9.55. The molecule has 0 aliphatic heterocycles. The van der Waals surface area contributed by atoms with E-state index in [1.807, 2.05) is 0 Å². The third kappa shape index (κ3) is 1.46. The molecule has 1 aromatic rings. The van der Waals surface area contributed by atoms with Gasteiger partial charge in [-0.2, -0.15) is 0 Å². The number of carbonyl (C=O) groups is 1. The van der Waals surface area contributed by atoms with Crippen molar-refractivity contribution >= 4 is 11.6 Å². The summed E-state index contributed by atoms with van der Waals surface area (Å²) in [5.41, 5.74) is 3.68. The third-order valence-corrected chi connectivity index (χ3v) is 7.28. The number of amides is 1. The first-order valence-corrected chi connectivity index (χ1v) is 8.48. The lowest BCUT2D eigenvalue weighted by Crippen LogP contribution is -2.42. The zero-order chi connectivity index (χ0) is 14.2. The molecule has 0 aromatic heterocycles. The Balaban J connectivity index is 1.49. The van der Waals surface area contributed by atoms with Crippen molar-refractivity contribution < 1.29 is 4.79 Å². The summed E-state index contributed by atoms with van der Waals surface area (Å²) >= 11 is 0. The van der Waals surface area contributed by atoms with Gasteiger partial charge in [-0.15, -0.1) is 0 Å². The Labute approximate surface area is 126 Å². The van der Waals surface area contributed by atoms with Gasteiger partial charge in [-0.1, -0.05) is 12.1 Å². The van der Waals surface area contributed by atoms with E-state index in [0.29, 0.717) is 5.41 Å². The fourth-order valence-electron chi connectivity index (χ4n) is 6.81. The van der Waals surface area contributed by atoms with Gasteiger partial charge in [0, 0.05) is 12.6 Å². The molecule has 2 heteroatoms. The van der Waals surface area contributed by atoms with E-state index in [2.05, 4.69) is 29.6 Å². The summed E-state index contributed by atoms with van der Waals surface area (Å²) in [7, 11) is 0. The minimum atomic E-state index is 0.0114. The summed E-state index contributed by atoms with van der Waals surface area (Å²) in [5, 5.41) is 2.88. The van der Waals surface area contributed by atoms with Gasteiger partial charge in [-0.25, -0.2) is 0 Å². The molecule has 2 nitrogen and oxygen atoms in total. The molecule has 110 valence electrons. The molecule has 3 bridgehead atoms. The molecule has 5 atom stereocenters. The van der Waals surface area contributed by atoms with Gasteiger partial charge >= 0.3 is 0 Å². The lowest BCUT2D eigenvalue weighted by Gasteiger charge is -2.49. The van der Waals surface area contributed by atoms with Gasteiger partial charge in [0.25, 0.3) is 0 Å². The molecule has 1 aromatic carbocycles. The Morgan fingerprint density at radius 2 is 1.90 bits per heavy atom. The Morgan fingerprint density at radius 3 is 2.67 bits per heavy atom. The number of benzene rings is 1. The second-order valence-electron chi connectivity index (χ2n) is 8.29. The molecule has 0 radical (unpaired) electrons. The number of hydrogen-bond acceptors (Lipinski definition) is 1. The van der Waals surface area contributed by atoms with Gasteiger partial charge in [0.15, 0.2) is 0 Å². The van der Waals surface area contributed by atoms with Crippen molar-refractivity contribution in [1.29, 1.82) is 0 Å². The van der Waals surface area contributed by atoms with Crippen LogP contribution in [0.1, 0.15) is 51.0 Å². The highest BCUT2D eigenvalue weighted by Gasteiger charge is 2.70. The Hall–Kier alpha value is -1.31. The summed E-state index contributed by atoms with van der Waals surface area (Å²) in [6.07, 6.45) is 8.87. The summed E-state index contributed by atoms with van der Waals surface area (Å²) in [5.74, 6) is 3.09. The monoisotopic (exact) mass is 281 g/mol. The van der Waals surface area contributed by atoms with Crippen molar-refractivity contribution in [3.8, 4) is 0 Å². The predicted octanol–water partition coefficient (Wildman–Crippen LogP) is 4.11. The van der Waals surface area contributed by atoms with E-state index >= 15 is 0 Å². The molecule has 1 amide bonds. The zero-order valence-corrected chi connectivity index (χ0v) is 12.7. The summed E-state index contributed by atoms with van der Waals surface area (Å²) in [4.78, 5) is 11.2. The van der Waals surface area contributed by atoms with Gasteiger partial charge in [0.05, 0.1) is 0 Å². The molecule has 4 saturated carbocycles. The number of carbonyl (C=O) groups excluding carboxylic acids is 1. The number of rotatable bonds is 2. The molecule has 0 heterocycles. The van der Waals surface area contributed by atoms with Crippen molar-refractivity contribution in [3.05, 3.63) is 29.8 Å². The Morgan fingerprint density at radius 1 is 1.10 bits per heavy atom.